The number of amides is 1. The van der Waals surface area contributed by atoms with Gasteiger partial charge in [-0.25, -0.2) is 0 Å². The van der Waals surface area contributed by atoms with Crippen LogP contribution in [0.4, 0.5) is 5.69 Å². The minimum absolute atomic E-state index is 0.0299. The van der Waals surface area contributed by atoms with Crippen LogP contribution in [0.25, 0.3) is 0 Å². The van der Waals surface area contributed by atoms with Gasteiger partial charge in [0.25, 0.3) is 0 Å². The number of carboxylic acids is 1. The Bertz CT molecular complexity index is 649. The molecule has 0 unspecified atom stereocenters. The zero-order valence-corrected chi connectivity index (χ0v) is 12.2. The number of hydrogen-bond acceptors (Lipinski definition) is 5. The number of aryl methyl sites for hydroxylation is 2. The van der Waals surface area contributed by atoms with Crippen LogP contribution in [-0.4, -0.2) is 27.1 Å². The molecule has 7 heteroatoms. The average molecular weight is 303 g/mol. The number of hydrogen-bond donors (Lipinski definition) is 2. The van der Waals surface area contributed by atoms with E-state index in [-0.39, 0.29) is 12.3 Å². The first-order valence-corrected chi connectivity index (χ1v) is 6.92. The quantitative estimate of drug-likeness (QED) is 0.810. The number of carbonyl (C=O) groups is 2. The fourth-order valence-electron chi connectivity index (χ4n) is 1.95. The molecule has 1 aromatic carbocycles. The molecule has 1 aromatic heterocycles. The maximum absolute atomic E-state index is 11.8. The number of nitrogens with one attached hydrogen (secondary N) is 1. The van der Waals surface area contributed by atoms with E-state index in [9.17, 15) is 9.59 Å². The van der Waals surface area contributed by atoms with Gasteiger partial charge in [0.1, 0.15) is 0 Å². The average Bonchev–Trinajstić information content (AvgIpc) is 2.86. The Balaban J connectivity index is 1.75. The summed E-state index contributed by atoms with van der Waals surface area (Å²) in [6.45, 7) is 1.74. The standard InChI is InChI=1S/C15H17N3O4/c1-10-16-14(22-18-10)4-2-3-13(19)17-12-7-5-11(6-8-12)9-15(20)21/h5-8H,2-4,9H2,1H3,(H,17,19)(H,20,21). The Morgan fingerprint density at radius 2 is 2.00 bits per heavy atom. The van der Waals surface area contributed by atoms with Crippen LogP contribution in [0.2, 0.25) is 0 Å². The third kappa shape index (κ3) is 5.01. The van der Waals surface area contributed by atoms with Gasteiger partial charge in [0.15, 0.2) is 5.82 Å². The molecule has 1 heterocycles. The normalized spacial score (nSPS) is 10.4. The van der Waals surface area contributed by atoms with Gasteiger partial charge in [0, 0.05) is 18.5 Å². The van der Waals surface area contributed by atoms with Crippen molar-refractivity contribution in [3.8, 4) is 0 Å². The predicted octanol–water partition coefficient (Wildman–Crippen LogP) is 1.97. The first-order chi connectivity index (χ1) is 10.5. The summed E-state index contributed by atoms with van der Waals surface area (Å²) in [5.74, 6) is 0.125. The smallest absolute Gasteiger partial charge is 0.307 e. The Labute approximate surface area is 127 Å². The van der Waals surface area contributed by atoms with E-state index in [0.29, 0.717) is 42.2 Å². The number of aliphatic carboxylic acids is 1. The van der Waals surface area contributed by atoms with E-state index in [2.05, 4.69) is 15.5 Å². The number of carbonyl (C=O) groups excluding carboxylic acids is 1. The molecule has 2 aromatic rings. The van der Waals surface area contributed by atoms with Gasteiger partial charge < -0.3 is 14.9 Å². The lowest BCUT2D eigenvalue weighted by molar-refractivity contribution is -0.136. The number of anilines is 1. The molecular formula is C15H17N3O4. The Morgan fingerprint density at radius 1 is 1.27 bits per heavy atom. The molecule has 0 saturated heterocycles. The first-order valence-electron chi connectivity index (χ1n) is 6.92. The highest BCUT2D eigenvalue weighted by atomic mass is 16.5. The van der Waals surface area contributed by atoms with Crippen LogP contribution in [0.15, 0.2) is 28.8 Å². The number of benzene rings is 1. The molecule has 0 saturated carbocycles. The molecule has 2 rings (SSSR count). The zero-order valence-electron chi connectivity index (χ0n) is 12.2. The lowest BCUT2D eigenvalue weighted by Crippen LogP contribution is -2.11. The van der Waals surface area contributed by atoms with Crippen molar-refractivity contribution in [3.63, 3.8) is 0 Å². The number of aromatic nitrogens is 2. The summed E-state index contributed by atoms with van der Waals surface area (Å²) in [6, 6.07) is 6.75. The highest BCUT2D eigenvalue weighted by Crippen LogP contribution is 2.11. The van der Waals surface area contributed by atoms with Crippen molar-refractivity contribution >= 4 is 17.6 Å². The molecule has 0 bridgehead atoms. The van der Waals surface area contributed by atoms with E-state index < -0.39 is 5.97 Å². The summed E-state index contributed by atoms with van der Waals surface area (Å²) in [5.41, 5.74) is 1.34. The molecule has 0 atom stereocenters. The van der Waals surface area contributed by atoms with Crippen LogP contribution in [0.3, 0.4) is 0 Å². The van der Waals surface area contributed by atoms with Crippen molar-refractivity contribution in [1.82, 2.24) is 10.1 Å². The minimum atomic E-state index is -0.881. The number of carboxylic acid groups (broad SMARTS) is 1. The molecule has 0 aliphatic heterocycles. The van der Waals surface area contributed by atoms with Crippen LogP contribution >= 0.6 is 0 Å². The Kier molecular flexibility index (Phi) is 5.24. The minimum Gasteiger partial charge on any atom is -0.481 e. The highest BCUT2D eigenvalue weighted by molar-refractivity contribution is 5.90. The molecule has 0 aliphatic carbocycles. The molecule has 1 amide bonds. The lowest BCUT2D eigenvalue weighted by Gasteiger charge is -2.05. The van der Waals surface area contributed by atoms with Crippen molar-refractivity contribution in [2.24, 2.45) is 0 Å². The van der Waals surface area contributed by atoms with E-state index in [1.54, 1.807) is 31.2 Å². The number of rotatable bonds is 7. The summed E-state index contributed by atoms with van der Waals surface area (Å²) in [4.78, 5) is 26.4. The van der Waals surface area contributed by atoms with E-state index >= 15 is 0 Å². The number of nitrogens with zero attached hydrogens (tertiary/aromatic N) is 2. The fraction of sp³-hybridized carbons (Fsp3) is 0.333. The second-order valence-electron chi connectivity index (χ2n) is 4.90. The maximum Gasteiger partial charge on any atom is 0.307 e. The fourth-order valence-corrected chi connectivity index (χ4v) is 1.95. The Hall–Kier alpha value is -2.70. The van der Waals surface area contributed by atoms with Gasteiger partial charge in [-0.1, -0.05) is 17.3 Å². The molecule has 7 nitrogen and oxygen atoms in total. The van der Waals surface area contributed by atoms with Crippen LogP contribution in [0, 0.1) is 6.92 Å². The molecule has 0 radical (unpaired) electrons. The van der Waals surface area contributed by atoms with Crippen LogP contribution in [0.5, 0.6) is 0 Å². The molecule has 0 fully saturated rings. The van der Waals surface area contributed by atoms with Crippen molar-refractivity contribution in [2.45, 2.75) is 32.6 Å². The van der Waals surface area contributed by atoms with Crippen LogP contribution < -0.4 is 5.32 Å². The third-order valence-electron chi connectivity index (χ3n) is 2.96. The van der Waals surface area contributed by atoms with Gasteiger partial charge in [-0.15, -0.1) is 0 Å². The van der Waals surface area contributed by atoms with Crippen LogP contribution in [-0.2, 0) is 22.4 Å². The summed E-state index contributed by atoms with van der Waals surface area (Å²) in [6.07, 6.45) is 1.49. The summed E-state index contributed by atoms with van der Waals surface area (Å²) >= 11 is 0. The van der Waals surface area contributed by atoms with E-state index in [1.165, 1.54) is 0 Å². The maximum atomic E-state index is 11.8. The summed E-state index contributed by atoms with van der Waals surface area (Å²) in [7, 11) is 0. The van der Waals surface area contributed by atoms with Gasteiger partial charge in [-0.3, -0.25) is 9.59 Å². The van der Waals surface area contributed by atoms with Crippen molar-refractivity contribution in [3.05, 3.63) is 41.5 Å². The SMILES string of the molecule is Cc1noc(CCCC(=O)Nc2ccc(CC(=O)O)cc2)n1. The van der Waals surface area contributed by atoms with Crippen molar-refractivity contribution in [2.75, 3.05) is 5.32 Å². The van der Waals surface area contributed by atoms with Gasteiger partial charge >= 0.3 is 5.97 Å². The second kappa shape index (κ2) is 7.35. The molecule has 22 heavy (non-hydrogen) atoms. The van der Waals surface area contributed by atoms with Gasteiger partial charge in [-0.05, 0) is 31.0 Å². The molecule has 0 aliphatic rings. The zero-order chi connectivity index (χ0) is 15.9. The van der Waals surface area contributed by atoms with Gasteiger partial charge in [-0.2, -0.15) is 4.98 Å². The monoisotopic (exact) mass is 303 g/mol. The van der Waals surface area contributed by atoms with Gasteiger partial charge in [0.05, 0.1) is 6.42 Å². The van der Waals surface area contributed by atoms with Crippen molar-refractivity contribution < 1.29 is 19.2 Å². The highest BCUT2D eigenvalue weighted by Gasteiger charge is 2.07. The first kappa shape index (κ1) is 15.7. The summed E-state index contributed by atoms with van der Waals surface area (Å²) in [5, 5.41) is 15.1. The van der Waals surface area contributed by atoms with Crippen LogP contribution in [0.1, 0.15) is 30.1 Å². The lowest BCUT2D eigenvalue weighted by atomic mass is 10.1. The third-order valence-corrected chi connectivity index (χ3v) is 2.96. The van der Waals surface area contributed by atoms with E-state index in [1.807, 2.05) is 0 Å². The summed E-state index contributed by atoms with van der Waals surface area (Å²) < 4.78 is 4.97. The second-order valence-corrected chi connectivity index (χ2v) is 4.90. The molecular weight excluding hydrogens is 286 g/mol. The van der Waals surface area contributed by atoms with E-state index in [0.717, 1.165) is 0 Å². The van der Waals surface area contributed by atoms with Gasteiger partial charge in [0.2, 0.25) is 11.8 Å². The molecule has 116 valence electrons. The van der Waals surface area contributed by atoms with E-state index in [4.69, 9.17) is 9.63 Å². The Morgan fingerprint density at radius 3 is 2.59 bits per heavy atom. The molecule has 0 spiro atoms. The van der Waals surface area contributed by atoms with Crippen molar-refractivity contribution in [1.29, 1.82) is 0 Å². The molecule has 2 N–H and O–H groups in total. The predicted molar refractivity (Wildman–Crippen MR) is 78.4 cm³/mol. The largest absolute Gasteiger partial charge is 0.481 e. The topological polar surface area (TPSA) is 105 Å².